The standard InChI is InChI=1S/C17H23NOS/c19-20(18-12-13-4-2-1-3-5-13)17-9-14-6-15(10-17)8-16(7-14)11-17/h1-5,14-16,18H,6-12H2/t14?,15?,16?,17?,20-/m1/s1. The van der Waals surface area contributed by atoms with Gasteiger partial charge in [-0.2, -0.15) is 0 Å². The average Bonchev–Trinajstić information content (AvgIpc) is 2.44. The summed E-state index contributed by atoms with van der Waals surface area (Å²) in [5, 5.41) is 0. The first kappa shape index (κ1) is 13.0. The molecule has 108 valence electrons. The third-order valence-corrected chi connectivity index (χ3v) is 7.32. The zero-order valence-corrected chi connectivity index (χ0v) is 12.7. The highest BCUT2D eigenvalue weighted by Gasteiger charge is 2.54. The summed E-state index contributed by atoms with van der Waals surface area (Å²) in [6, 6.07) is 10.3. The Hall–Kier alpha value is -0.670. The number of rotatable bonds is 4. The van der Waals surface area contributed by atoms with E-state index in [1.165, 1.54) is 44.1 Å². The van der Waals surface area contributed by atoms with Crippen molar-refractivity contribution in [2.24, 2.45) is 17.8 Å². The maximum absolute atomic E-state index is 12.9. The van der Waals surface area contributed by atoms with E-state index in [0.29, 0.717) is 0 Å². The van der Waals surface area contributed by atoms with Gasteiger partial charge in [0, 0.05) is 6.54 Å². The second kappa shape index (κ2) is 4.96. The molecule has 0 heterocycles. The number of hydrogen-bond acceptors (Lipinski definition) is 1. The summed E-state index contributed by atoms with van der Waals surface area (Å²) in [6.45, 7) is 0.731. The molecule has 0 spiro atoms. The number of hydrogen-bond donors (Lipinski definition) is 1. The fourth-order valence-electron chi connectivity index (χ4n) is 5.16. The third kappa shape index (κ3) is 2.25. The molecule has 0 saturated heterocycles. The molecule has 20 heavy (non-hydrogen) atoms. The van der Waals surface area contributed by atoms with Crippen molar-refractivity contribution in [2.45, 2.75) is 49.8 Å². The summed E-state index contributed by atoms with van der Waals surface area (Å²) in [5.41, 5.74) is 1.23. The lowest BCUT2D eigenvalue weighted by atomic mass is 9.56. The molecule has 1 aromatic rings. The van der Waals surface area contributed by atoms with Gasteiger partial charge in [-0.3, -0.25) is 0 Å². The molecule has 2 nitrogen and oxygen atoms in total. The van der Waals surface area contributed by atoms with Crippen molar-refractivity contribution in [2.75, 3.05) is 0 Å². The van der Waals surface area contributed by atoms with Crippen molar-refractivity contribution in [1.82, 2.24) is 4.72 Å². The van der Waals surface area contributed by atoms with Crippen molar-refractivity contribution in [3.8, 4) is 0 Å². The van der Waals surface area contributed by atoms with E-state index < -0.39 is 11.0 Å². The molecule has 0 radical (unpaired) electrons. The molecule has 0 amide bonds. The maximum atomic E-state index is 12.9. The van der Waals surface area contributed by atoms with Gasteiger partial charge in [-0.15, -0.1) is 0 Å². The van der Waals surface area contributed by atoms with Crippen LogP contribution in [0.4, 0.5) is 0 Å². The minimum atomic E-state index is -0.875. The summed E-state index contributed by atoms with van der Waals surface area (Å²) < 4.78 is 16.3. The van der Waals surface area contributed by atoms with E-state index >= 15 is 0 Å². The quantitative estimate of drug-likeness (QED) is 0.904. The van der Waals surface area contributed by atoms with E-state index in [0.717, 1.165) is 24.3 Å². The highest BCUT2D eigenvalue weighted by molar-refractivity contribution is 7.84. The Morgan fingerprint density at radius 3 is 2.10 bits per heavy atom. The number of nitrogens with one attached hydrogen (secondary N) is 1. The Bertz CT molecular complexity index is 478. The van der Waals surface area contributed by atoms with Crippen molar-refractivity contribution in [1.29, 1.82) is 0 Å². The van der Waals surface area contributed by atoms with E-state index in [1.54, 1.807) is 0 Å². The first-order valence-electron chi connectivity index (χ1n) is 7.93. The van der Waals surface area contributed by atoms with Crippen LogP contribution in [0.3, 0.4) is 0 Å². The van der Waals surface area contributed by atoms with Gasteiger partial charge in [0.05, 0.1) is 15.7 Å². The van der Waals surface area contributed by atoms with Gasteiger partial charge in [-0.25, -0.2) is 8.93 Å². The van der Waals surface area contributed by atoms with Crippen LogP contribution in [0.2, 0.25) is 0 Å². The summed E-state index contributed by atoms with van der Waals surface area (Å²) in [7, 11) is -0.875. The molecule has 0 aromatic heterocycles. The third-order valence-electron chi connectivity index (χ3n) is 5.63. The molecule has 5 rings (SSSR count). The molecule has 4 saturated carbocycles. The Balaban J connectivity index is 1.46. The molecule has 1 aromatic carbocycles. The van der Waals surface area contributed by atoms with Gasteiger partial charge in [0.15, 0.2) is 0 Å². The Kier molecular flexibility index (Phi) is 3.23. The van der Waals surface area contributed by atoms with Gasteiger partial charge in [0.2, 0.25) is 0 Å². The maximum Gasteiger partial charge on any atom is 0.0982 e. The van der Waals surface area contributed by atoms with Gasteiger partial charge < -0.3 is 0 Å². The SMILES string of the molecule is O=[S@@](NCc1ccccc1)C12CC3CC(CC(C3)C1)C2. The molecule has 4 aliphatic rings. The lowest BCUT2D eigenvalue weighted by Gasteiger charge is -2.55. The van der Waals surface area contributed by atoms with Gasteiger partial charge in [-0.1, -0.05) is 30.3 Å². The predicted octanol–water partition coefficient (Wildman–Crippen LogP) is 3.41. The minimum Gasteiger partial charge on any atom is -0.242 e. The van der Waals surface area contributed by atoms with Crippen molar-refractivity contribution < 1.29 is 4.21 Å². The summed E-state index contributed by atoms with van der Waals surface area (Å²) in [6.07, 6.45) is 7.84. The van der Waals surface area contributed by atoms with Crippen LogP contribution < -0.4 is 4.72 Å². The second-order valence-corrected chi connectivity index (χ2v) is 8.87. The fraction of sp³-hybridized carbons (Fsp3) is 0.647. The summed E-state index contributed by atoms with van der Waals surface area (Å²) in [5.74, 6) is 2.59. The monoisotopic (exact) mass is 289 g/mol. The van der Waals surface area contributed by atoms with Crippen molar-refractivity contribution in [3.05, 3.63) is 35.9 Å². The van der Waals surface area contributed by atoms with E-state index in [9.17, 15) is 4.21 Å². The molecule has 3 heteroatoms. The van der Waals surface area contributed by atoms with E-state index in [4.69, 9.17) is 0 Å². The molecular weight excluding hydrogens is 266 g/mol. The largest absolute Gasteiger partial charge is 0.242 e. The lowest BCUT2D eigenvalue weighted by molar-refractivity contribution is 0.0356. The molecule has 0 unspecified atom stereocenters. The Morgan fingerprint density at radius 1 is 1.00 bits per heavy atom. The van der Waals surface area contributed by atoms with Crippen LogP contribution in [-0.2, 0) is 17.5 Å². The summed E-state index contributed by atoms with van der Waals surface area (Å²) in [4.78, 5) is 0. The highest BCUT2D eigenvalue weighted by atomic mass is 32.2. The zero-order chi connectivity index (χ0) is 13.6. The van der Waals surface area contributed by atoms with Crippen LogP contribution in [0.1, 0.15) is 44.1 Å². The van der Waals surface area contributed by atoms with Crippen LogP contribution in [0.15, 0.2) is 30.3 Å². The topological polar surface area (TPSA) is 29.1 Å². The van der Waals surface area contributed by atoms with Crippen LogP contribution in [0.5, 0.6) is 0 Å². The fourth-order valence-corrected chi connectivity index (χ4v) is 6.92. The Morgan fingerprint density at radius 2 is 1.55 bits per heavy atom. The molecule has 4 aliphatic carbocycles. The lowest BCUT2D eigenvalue weighted by Crippen LogP contribution is -2.55. The van der Waals surface area contributed by atoms with Gasteiger partial charge >= 0.3 is 0 Å². The number of benzene rings is 1. The van der Waals surface area contributed by atoms with E-state index in [1.807, 2.05) is 18.2 Å². The molecule has 1 N–H and O–H groups in total. The van der Waals surface area contributed by atoms with E-state index in [2.05, 4.69) is 16.9 Å². The van der Waals surface area contributed by atoms with Crippen LogP contribution in [-0.4, -0.2) is 8.96 Å². The van der Waals surface area contributed by atoms with Crippen LogP contribution in [0, 0.1) is 17.8 Å². The van der Waals surface area contributed by atoms with Gasteiger partial charge in [0.25, 0.3) is 0 Å². The van der Waals surface area contributed by atoms with Crippen molar-refractivity contribution >= 4 is 11.0 Å². The Labute approximate surface area is 123 Å². The highest BCUT2D eigenvalue weighted by Crippen LogP contribution is 2.57. The zero-order valence-electron chi connectivity index (χ0n) is 11.9. The second-order valence-electron chi connectivity index (χ2n) is 7.18. The van der Waals surface area contributed by atoms with Gasteiger partial charge in [0.1, 0.15) is 0 Å². The van der Waals surface area contributed by atoms with Crippen molar-refractivity contribution in [3.63, 3.8) is 0 Å². The minimum absolute atomic E-state index is 0.101. The predicted molar refractivity (Wildman–Crippen MR) is 82.3 cm³/mol. The molecule has 4 fully saturated rings. The first-order chi connectivity index (χ1) is 9.73. The molecular formula is C17H23NOS. The molecule has 0 aliphatic heterocycles. The van der Waals surface area contributed by atoms with Crippen LogP contribution in [0.25, 0.3) is 0 Å². The van der Waals surface area contributed by atoms with E-state index in [-0.39, 0.29) is 4.75 Å². The molecule has 1 atom stereocenters. The summed E-state index contributed by atoms with van der Waals surface area (Å²) >= 11 is 0. The molecule has 4 bridgehead atoms. The van der Waals surface area contributed by atoms with Gasteiger partial charge in [-0.05, 0) is 61.8 Å². The normalized spacial score (nSPS) is 39.9. The average molecular weight is 289 g/mol. The first-order valence-corrected chi connectivity index (χ1v) is 9.08. The smallest absolute Gasteiger partial charge is 0.0982 e. The van der Waals surface area contributed by atoms with Crippen LogP contribution >= 0.6 is 0 Å².